The number of carbonyl (C=O) groups is 1. The molecule has 1 N–H and O–H groups in total. The van der Waals surface area contributed by atoms with Gasteiger partial charge in [-0.15, -0.1) is 0 Å². The lowest BCUT2D eigenvalue weighted by Crippen LogP contribution is -2.42. The Kier molecular flexibility index (Phi) is 4.26. The summed E-state index contributed by atoms with van der Waals surface area (Å²) in [7, 11) is 0. The fourth-order valence-electron chi connectivity index (χ4n) is 1.85. The van der Waals surface area contributed by atoms with Crippen LogP contribution in [0.2, 0.25) is 0 Å². The fourth-order valence-corrected chi connectivity index (χ4v) is 1.85. The molecule has 2 rings (SSSR count). The maximum absolute atomic E-state index is 14.1. The molecule has 0 aliphatic carbocycles. The molecule has 0 fully saturated rings. The van der Waals surface area contributed by atoms with E-state index in [4.69, 9.17) is 4.74 Å². The van der Waals surface area contributed by atoms with E-state index in [0.29, 0.717) is 5.56 Å². The van der Waals surface area contributed by atoms with E-state index in [0.717, 1.165) is 5.56 Å². The SMILES string of the molecule is CC(C)(C)NC(=O)Oc1ccc(-c2ccccc2)c(F)c1. The maximum Gasteiger partial charge on any atom is 0.413 e. The van der Waals surface area contributed by atoms with Crippen molar-refractivity contribution in [1.82, 2.24) is 5.32 Å². The Balaban J connectivity index is 2.15. The molecule has 110 valence electrons. The minimum atomic E-state index is -0.602. The summed E-state index contributed by atoms with van der Waals surface area (Å²) < 4.78 is 19.2. The van der Waals surface area contributed by atoms with Gasteiger partial charge in [-0.2, -0.15) is 0 Å². The second kappa shape index (κ2) is 5.95. The molecule has 4 heteroatoms. The molecule has 0 aliphatic rings. The molecule has 0 bridgehead atoms. The first-order chi connectivity index (χ1) is 9.85. The van der Waals surface area contributed by atoms with Gasteiger partial charge in [-0.1, -0.05) is 30.3 Å². The quantitative estimate of drug-likeness (QED) is 0.890. The molecule has 0 aromatic heterocycles. The molecule has 0 spiro atoms. The molecule has 3 nitrogen and oxygen atoms in total. The van der Waals surface area contributed by atoms with Gasteiger partial charge < -0.3 is 10.1 Å². The predicted molar refractivity (Wildman–Crippen MR) is 80.7 cm³/mol. The van der Waals surface area contributed by atoms with Crippen LogP contribution in [0.25, 0.3) is 11.1 Å². The van der Waals surface area contributed by atoms with E-state index < -0.39 is 17.4 Å². The van der Waals surface area contributed by atoms with Crippen LogP contribution in [0.1, 0.15) is 20.8 Å². The van der Waals surface area contributed by atoms with E-state index in [2.05, 4.69) is 5.32 Å². The minimum Gasteiger partial charge on any atom is -0.410 e. The van der Waals surface area contributed by atoms with E-state index >= 15 is 0 Å². The Morgan fingerprint density at radius 3 is 2.33 bits per heavy atom. The van der Waals surface area contributed by atoms with Gasteiger partial charge >= 0.3 is 6.09 Å². The molecule has 1 amide bonds. The Morgan fingerprint density at radius 1 is 1.10 bits per heavy atom. The van der Waals surface area contributed by atoms with Crippen molar-refractivity contribution >= 4 is 6.09 Å². The average molecular weight is 287 g/mol. The summed E-state index contributed by atoms with van der Waals surface area (Å²) in [5, 5.41) is 2.65. The second-order valence-corrected chi connectivity index (χ2v) is 5.77. The smallest absolute Gasteiger partial charge is 0.410 e. The summed E-state index contributed by atoms with van der Waals surface area (Å²) in [5.41, 5.74) is 0.847. The van der Waals surface area contributed by atoms with Gasteiger partial charge in [0, 0.05) is 17.2 Å². The van der Waals surface area contributed by atoms with Crippen molar-refractivity contribution in [1.29, 1.82) is 0 Å². The first-order valence-corrected chi connectivity index (χ1v) is 6.70. The second-order valence-electron chi connectivity index (χ2n) is 5.77. The zero-order chi connectivity index (χ0) is 15.5. The highest BCUT2D eigenvalue weighted by Gasteiger charge is 2.16. The summed E-state index contributed by atoms with van der Waals surface area (Å²) in [6.45, 7) is 5.52. The van der Waals surface area contributed by atoms with Crippen molar-refractivity contribution in [2.24, 2.45) is 0 Å². The van der Waals surface area contributed by atoms with Crippen LogP contribution in [-0.2, 0) is 0 Å². The number of nitrogens with one attached hydrogen (secondary N) is 1. The van der Waals surface area contributed by atoms with Crippen molar-refractivity contribution in [3.05, 3.63) is 54.3 Å². The fraction of sp³-hybridized carbons (Fsp3) is 0.235. The minimum absolute atomic E-state index is 0.175. The summed E-state index contributed by atoms with van der Waals surface area (Å²) in [4.78, 5) is 11.6. The van der Waals surface area contributed by atoms with Crippen molar-refractivity contribution in [3.8, 4) is 16.9 Å². The zero-order valence-corrected chi connectivity index (χ0v) is 12.3. The number of rotatable bonds is 2. The van der Waals surface area contributed by atoms with Crippen LogP contribution in [0.3, 0.4) is 0 Å². The maximum atomic E-state index is 14.1. The molecule has 0 heterocycles. The van der Waals surface area contributed by atoms with E-state index in [1.54, 1.807) is 12.1 Å². The lowest BCUT2D eigenvalue weighted by molar-refractivity contribution is 0.190. The number of halogens is 1. The molecule has 21 heavy (non-hydrogen) atoms. The van der Waals surface area contributed by atoms with Gasteiger partial charge in [0.05, 0.1) is 0 Å². The molecule has 2 aromatic carbocycles. The van der Waals surface area contributed by atoms with Crippen LogP contribution in [0.5, 0.6) is 5.75 Å². The monoisotopic (exact) mass is 287 g/mol. The Morgan fingerprint density at radius 2 is 1.76 bits per heavy atom. The highest BCUT2D eigenvalue weighted by atomic mass is 19.1. The van der Waals surface area contributed by atoms with Gasteiger partial charge in [0.1, 0.15) is 11.6 Å². The largest absolute Gasteiger partial charge is 0.413 e. The van der Waals surface area contributed by atoms with E-state index in [1.165, 1.54) is 6.07 Å². The Labute approximate surface area is 123 Å². The van der Waals surface area contributed by atoms with Crippen LogP contribution in [0.15, 0.2) is 48.5 Å². The normalized spacial score (nSPS) is 11.0. The van der Waals surface area contributed by atoms with E-state index in [9.17, 15) is 9.18 Å². The lowest BCUT2D eigenvalue weighted by atomic mass is 10.1. The van der Waals surface area contributed by atoms with E-state index in [1.807, 2.05) is 51.1 Å². The lowest BCUT2D eigenvalue weighted by Gasteiger charge is -2.19. The molecule has 0 saturated heterocycles. The molecular formula is C17H18FNO2. The number of ether oxygens (including phenoxy) is 1. The molecule has 0 aliphatic heterocycles. The summed E-state index contributed by atoms with van der Waals surface area (Å²) in [6, 6.07) is 13.6. The summed E-state index contributed by atoms with van der Waals surface area (Å²) >= 11 is 0. The molecule has 0 saturated carbocycles. The number of benzene rings is 2. The van der Waals surface area contributed by atoms with Crippen molar-refractivity contribution in [2.75, 3.05) is 0 Å². The third-order valence-electron chi connectivity index (χ3n) is 2.71. The number of hydrogen-bond donors (Lipinski definition) is 1. The van der Waals surface area contributed by atoms with Gasteiger partial charge in [-0.05, 0) is 38.5 Å². The third kappa shape index (κ3) is 4.31. The van der Waals surface area contributed by atoms with Crippen molar-refractivity contribution in [3.63, 3.8) is 0 Å². The van der Waals surface area contributed by atoms with Crippen LogP contribution in [0, 0.1) is 5.82 Å². The Hall–Kier alpha value is -2.36. The van der Waals surface area contributed by atoms with Crippen LogP contribution in [0.4, 0.5) is 9.18 Å². The van der Waals surface area contributed by atoms with Crippen molar-refractivity contribution in [2.45, 2.75) is 26.3 Å². The van der Waals surface area contributed by atoms with Crippen LogP contribution in [-0.4, -0.2) is 11.6 Å². The topological polar surface area (TPSA) is 38.3 Å². The highest BCUT2D eigenvalue weighted by Crippen LogP contribution is 2.26. The van der Waals surface area contributed by atoms with Gasteiger partial charge in [-0.25, -0.2) is 9.18 Å². The van der Waals surface area contributed by atoms with Gasteiger partial charge in [0.25, 0.3) is 0 Å². The van der Waals surface area contributed by atoms with Gasteiger partial charge in [-0.3, -0.25) is 0 Å². The first kappa shape index (κ1) is 15.0. The Bertz CT molecular complexity index is 633. The molecular weight excluding hydrogens is 269 g/mol. The first-order valence-electron chi connectivity index (χ1n) is 6.70. The molecule has 2 aromatic rings. The number of carbonyl (C=O) groups excluding carboxylic acids is 1. The summed E-state index contributed by atoms with van der Waals surface area (Å²) in [5.74, 6) is -0.254. The highest BCUT2D eigenvalue weighted by molar-refractivity contribution is 5.72. The third-order valence-corrected chi connectivity index (χ3v) is 2.71. The van der Waals surface area contributed by atoms with Crippen LogP contribution < -0.4 is 10.1 Å². The summed E-state index contributed by atoms with van der Waals surface area (Å²) in [6.07, 6.45) is -0.602. The van der Waals surface area contributed by atoms with Crippen molar-refractivity contribution < 1.29 is 13.9 Å². The number of amides is 1. The molecule has 0 unspecified atom stereocenters. The van der Waals surface area contributed by atoms with Crippen LogP contribution >= 0.6 is 0 Å². The average Bonchev–Trinajstić information content (AvgIpc) is 2.37. The van der Waals surface area contributed by atoms with E-state index in [-0.39, 0.29) is 5.75 Å². The molecule has 0 radical (unpaired) electrons. The van der Waals surface area contributed by atoms with Gasteiger partial charge in [0.15, 0.2) is 0 Å². The van der Waals surface area contributed by atoms with Gasteiger partial charge in [0.2, 0.25) is 0 Å². The molecule has 0 atom stereocenters. The number of hydrogen-bond acceptors (Lipinski definition) is 2. The predicted octanol–water partition coefficient (Wildman–Crippen LogP) is 4.38. The standard InChI is InChI=1S/C17H18FNO2/c1-17(2,3)19-16(20)21-13-9-10-14(15(18)11-13)12-7-5-4-6-8-12/h4-11H,1-3H3,(H,19,20). The zero-order valence-electron chi connectivity index (χ0n) is 12.3.